The third-order valence-electron chi connectivity index (χ3n) is 4.74. The standard InChI is InChI=1S/C21H20FN3O3S/c1-12-11-16(14-3-5-15(22)6-4-14)17-18(24-13(2)26)19(29-20(17)23-12)21(27)25-7-9-28-10-8-25/h3-6,11H,7-10H2,1-2H3,(H,24,26). The molecule has 1 aliphatic heterocycles. The molecule has 0 atom stereocenters. The van der Waals surface area contributed by atoms with E-state index in [0.29, 0.717) is 47.1 Å². The first-order valence-corrected chi connectivity index (χ1v) is 10.1. The Hall–Kier alpha value is -2.84. The number of benzene rings is 1. The second kappa shape index (κ2) is 7.88. The fourth-order valence-corrected chi connectivity index (χ4v) is 4.60. The Morgan fingerprint density at radius 2 is 1.90 bits per heavy atom. The summed E-state index contributed by atoms with van der Waals surface area (Å²) in [4.78, 5) is 32.6. The van der Waals surface area contributed by atoms with Crippen LogP contribution in [0.2, 0.25) is 0 Å². The minimum atomic E-state index is -0.327. The zero-order valence-electron chi connectivity index (χ0n) is 16.1. The van der Waals surface area contributed by atoms with Crippen LogP contribution in [0.3, 0.4) is 0 Å². The lowest BCUT2D eigenvalue weighted by Gasteiger charge is -2.26. The average Bonchev–Trinajstić information content (AvgIpc) is 3.05. The molecule has 3 heterocycles. The van der Waals surface area contributed by atoms with Crippen molar-refractivity contribution in [1.29, 1.82) is 0 Å². The summed E-state index contributed by atoms with van der Waals surface area (Å²) >= 11 is 1.26. The summed E-state index contributed by atoms with van der Waals surface area (Å²) in [7, 11) is 0. The van der Waals surface area contributed by atoms with Gasteiger partial charge in [0.2, 0.25) is 5.91 Å². The summed E-state index contributed by atoms with van der Waals surface area (Å²) in [5.41, 5.74) is 2.82. The lowest BCUT2D eigenvalue weighted by Crippen LogP contribution is -2.40. The number of carbonyl (C=O) groups is 2. The highest BCUT2D eigenvalue weighted by Gasteiger charge is 2.27. The highest BCUT2D eigenvalue weighted by Crippen LogP contribution is 2.42. The highest BCUT2D eigenvalue weighted by molar-refractivity contribution is 7.21. The molecule has 0 bridgehead atoms. The first-order valence-electron chi connectivity index (χ1n) is 9.28. The quantitative estimate of drug-likeness (QED) is 0.708. The molecule has 0 unspecified atom stereocenters. The van der Waals surface area contributed by atoms with Gasteiger partial charge >= 0.3 is 0 Å². The number of hydrogen-bond donors (Lipinski definition) is 1. The molecule has 1 fully saturated rings. The third-order valence-corrected chi connectivity index (χ3v) is 5.81. The van der Waals surface area contributed by atoms with E-state index in [0.717, 1.165) is 16.8 Å². The summed E-state index contributed by atoms with van der Waals surface area (Å²) < 4.78 is 18.8. The summed E-state index contributed by atoms with van der Waals surface area (Å²) in [6, 6.07) is 8.03. The predicted octanol–water partition coefficient (Wildman–Crippen LogP) is 3.84. The van der Waals surface area contributed by atoms with Gasteiger partial charge < -0.3 is 15.0 Å². The molecular formula is C21H20FN3O3S. The predicted molar refractivity (Wildman–Crippen MR) is 111 cm³/mol. The molecule has 4 rings (SSSR count). The molecular weight excluding hydrogens is 393 g/mol. The summed E-state index contributed by atoms with van der Waals surface area (Å²) in [6.07, 6.45) is 0. The topological polar surface area (TPSA) is 71.5 Å². The summed E-state index contributed by atoms with van der Waals surface area (Å²) in [5, 5.41) is 3.53. The van der Waals surface area contributed by atoms with Gasteiger partial charge in [-0.05, 0) is 36.2 Å². The molecule has 0 radical (unpaired) electrons. The number of hydrogen-bond acceptors (Lipinski definition) is 5. The molecule has 2 amide bonds. The Balaban J connectivity index is 1.93. The van der Waals surface area contributed by atoms with Gasteiger partial charge in [0.1, 0.15) is 15.5 Å². The van der Waals surface area contributed by atoms with Gasteiger partial charge in [0.05, 0.1) is 18.9 Å². The number of rotatable bonds is 3. The lowest BCUT2D eigenvalue weighted by molar-refractivity contribution is -0.114. The number of ether oxygens (including phenoxy) is 1. The molecule has 1 N–H and O–H groups in total. The zero-order chi connectivity index (χ0) is 20.5. The Bertz CT molecular complexity index is 1090. The number of anilines is 1. The smallest absolute Gasteiger partial charge is 0.266 e. The molecule has 6 nitrogen and oxygen atoms in total. The first-order chi connectivity index (χ1) is 13.9. The number of fused-ring (bicyclic) bond motifs is 1. The maximum Gasteiger partial charge on any atom is 0.266 e. The van der Waals surface area contributed by atoms with Crippen molar-refractivity contribution in [2.24, 2.45) is 0 Å². The Morgan fingerprint density at radius 3 is 2.55 bits per heavy atom. The van der Waals surface area contributed by atoms with Crippen LogP contribution in [0, 0.1) is 12.7 Å². The van der Waals surface area contributed by atoms with Crippen molar-refractivity contribution in [1.82, 2.24) is 9.88 Å². The van der Waals surface area contributed by atoms with Crippen molar-refractivity contribution >= 4 is 39.1 Å². The maximum absolute atomic E-state index is 13.4. The van der Waals surface area contributed by atoms with Gasteiger partial charge in [0.15, 0.2) is 0 Å². The van der Waals surface area contributed by atoms with Gasteiger partial charge in [0, 0.05) is 31.1 Å². The van der Waals surface area contributed by atoms with E-state index >= 15 is 0 Å². The van der Waals surface area contributed by atoms with Crippen LogP contribution < -0.4 is 5.32 Å². The number of aryl methyl sites for hydroxylation is 1. The Kier molecular flexibility index (Phi) is 5.29. The van der Waals surface area contributed by atoms with E-state index in [1.54, 1.807) is 17.0 Å². The van der Waals surface area contributed by atoms with Gasteiger partial charge in [-0.25, -0.2) is 9.37 Å². The Labute approximate surface area is 171 Å². The van der Waals surface area contributed by atoms with Crippen LogP contribution in [-0.4, -0.2) is 48.0 Å². The van der Waals surface area contributed by atoms with Crippen LogP contribution in [-0.2, 0) is 9.53 Å². The van der Waals surface area contributed by atoms with Gasteiger partial charge in [0.25, 0.3) is 5.91 Å². The normalized spacial score (nSPS) is 14.2. The van der Waals surface area contributed by atoms with Gasteiger partial charge in [-0.2, -0.15) is 0 Å². The van der Waals surface area contributed by atoms with Crippen LogP contribution >= 0.6 is 11.3 Å². The molecule has 1 aliphatic rings. The molecule has 2 aromatic heterocycles. The molecule has 150 valence electrons. The van der Waals surface area contributed by atoms with E-state index in [1.807, 2.05) is 13.0 Å². The fraction of sp³-hybridized carbons (Fsp3) is 0.286. The maximum atomic E-state index is 13.4. The van der Waals surface area contributed by atoms with Gasteiger partial charge in [-0.15, -0.1) is 11.3 Å². The lowest BCUT2D eigenvalue weighted by atomic mass is 10.0. The molecule has 0 saturated carbocycles. The van der Waals surface area contributed by atoms with E-state index < -0.39 is 0 Å². The minimum Gasteiger partial charge on any atom is -0.378 e. The van der Waals surface area contributed by atoms with Gasteiger partial charge in [-0.3, -0.25) is 9.59 Å². The van der Waals surface area contributed by atoms with E-state index in [-0.39, 0.29) is 17.6 Å². The van der Waals surface area contributed by atoms with Crippen molar-refractivity contribution in [2.45, 2.75) is 13.8 Å². The van der Waals surface area contributed by atoms with Crippen LogP contribution in [0.1, 0.15) is 22.3 Å². The molecule has 0 spiro atoms. The number of amides is 2. The molecule has 8 heteroatoms. The van der Waals surface area contributed by atoms with Crippen molar-refractivity contribution in [3.05, 3.63) is 46.7 Å². The third kappa shape index (κ3) is 3.86. The second-order valence-corrected chi connectivity index (χ2v) is 7.89. The summed E-state index contributed by atoms with van der Waals surface area (Å²) in [5.74, 6) is -0.750. The average molecular weight is 413 g/mol. The Morgan fingerprint density at radius 1 is 1.21 bits per heavy atom. The summed E-state index contributed by atoms with van der Waals surface area (Å²) in [6.45, 7) is 5.27. The number of nitrogens with zero attached hydrogens (tertiary/aromatic N) is 2. The van der Waals surface area contributed by atoms with Crippen molar-refractivity contribution in [2.75, 3.05) is 31.6 Å². The van der Waals surface area contributed by atoms with Crippen molar-refractivity contribution in [3.8, 4) is 11.1 Å². The number of aromatic nitrogens is 1. The molecule has 1 saturated heterocycles. The van der Waals surface area contributed by atoms with E-state index in [9.17, 15) is 14.0 Å². The van der Waals surface area contributed by atoms with E-state index in [4.69, 9.17) is 4.74 Å². The van der Waals surface area contributed by atoms with Crippen LogP contribution in [0.15, 0.2) is 30.3 Å². The monoisotopic (exact) mass is 413 g/mol. The molecule has 3 aromatic rings. The van der Waals surface area contributed by atoms with Gasteiger partial charge in [-0.1, -0.05) is 12.1 Å². The number of thiophene rings is 1. The van der Waals surface area contributed by atoms with Crippen molar-refractivity contribution < 1.29 is 18.7 Å². The minimum absolute atomic E-state index is 0.150. The van der Waals surface area contributed by atoms with E-state index in [2.05, 4.69) is 10.3 Å². The number of carbonyl (C=O) groups excluding carboxylic acids is 2. The van der Waals surface area contributed by atoms with Crippen LogP contribution in [0.4, 0.5) is 10.1 Å². The molecule has 29 heavy (non-hydrogen) atoms. The number of morpholine rings is 1. The van der Waals surface area contributed by atoms with Crippen molar-refractivity contribution in [3.63, 3.8) is 0 Å². The first kappa shape index (κ1) is 19.5. The van der Waals surface area contributed by atoms with E-state index in [1.165, 1.54) is 30.4 Å². The molecule has 1 aromatic carbocycles. The number of pyridine rings is 1. The largest absolute Gasteiger partial charge is 0.378 e. The highest BCUT2D eigenvalue weighted by atomic mass is 32.1. The SMILES string of the molecule is CC(=O)Nc1c(C(=O)N2CCOCC2)sc2nc(C)cc(-c3ccc(F)cc3)c12. The van der Waals surface area contributed by atoms with Crippen LogP contribution in [0.25, 0.3) is 21.3 Å². The second-order valence-electron chi connectivity index (χ2n) is 6.89. The number of halogens is 1. The molecule has 0 aliphatic carbocycles. The fourth-order valence-electron chi connectivity index (χ4n) is 3.43. The number of nitrogens with one attached hydrogen (secondary N) is 1. The van der Waals surface area contributed by atoms with Crippen LogP contribution in [0.5, 0.6) is 0 Å². The zero-order valence-corrected chi connectivity index (χ0v) is 16.9.